The number of esters is 1. The lowest BCUT2D eigenvalue weighted by Gasteiger charge is -2.27. The molecule has 5 rings (SSSR count). The van der Waals surface area contributed by atoms with Gasteiger partial charge in [0.25, 0.3) is 0 Å². The van der Waals surface area contributed by atoms with E-state index in [1.54, 1.807) is 7.11 Å². The van der Waals surface area contributed by atoms with Crippen LogP contribution < -0.4 is 4.74 Å². The van der Waals surface area contributed by atoms with Crippen molar-refractivity contribution in [3.05, 3.63) is 77.9 Å². The van der Waals surface area contributed by atoms with Crippen molar-refractivity contribution in [3.63, 3.8) is 0 Å². The van der Waals surface area contributed by atoms with Crippen molar-refractivity contribution in [2.45, 2.75) is 31.3 Å². The van der Waals surface area contributed by atoms with Crippen molar-refractivity contribution in [2.75, 3.05) is 13.7 Å². The Morgan fingerprint density at radius 2 is 1.94 bits per heavy atom. The highest BCUT2D eigenvalue weighted by molar-refractivity contribution is 5.91. The molecule has 2 fully saturated rings. The van der Waals surface area contributed by atoms with Gasteiger partial charge in [-0.05, 0) is 30.2 Å². The van der Waals surface area contributed by atoms with Gasteiger partial charge in [-0.2, -0.15) is 0 Å². The first-order valence-electron chi connectivity index (χ1n) is 10.5. The molecule has 6 heteroatoms. The fourth-order valence-electron chi connectivity index (χ4n) is 5.01. The van der Waals surface area contributed by atoms with E-state index in [0.29, 0.717) is 6.54 Å². The normalized spacial score (nSPS) is 29.2. The fourth-order valence-corrected chi connectivity index (χ4v) is 5.01. The molecule has 0 aromatic heterocycles. The van der Waals surface area contributed by atoms with Crippen LogP contribution in [-0.4, -0.2) is 42.1 Å². The quantitative estimate of drug-likeness (QED) is 0.531. The third kappa shape index (κ3) is 3.22. The summed E-state index contributed by atoms with van der Waals surface area (Å²) in [6.07, 6.45) is 3.46. The highest BCUT2D eigenvalue weighted by Crippen LogP contribution is 2.53. The highest BCUT2D eigenvalue weighted by Gasteiger charge is 2.67. The van der Waals surface area contributed by atoms with Crippen LogP contribution in [0.5, 0.6) is 5.75 Å². The number of likely N-dealkylation sites (tertiary alicyclic amines) is 1. The Morgan fingerprint density at radius 3 is 2.65 bits per heavy atom. The van der Waals surface area contributed by atoms with Crippen molar-refractivity contribution in [1.82, 2.24) is 4.90 Å². The number of benzene rings is 2. The summed E-state index contributed by atoms with van der Waals surface area (Å²) in [5, 5.41) is 0. The second kappa shape index (κ2) is 7.54. The Kier molecular flexibility index (Phi) is 4.82. The van der Waals surface area contributed by atoms with Gasteiger partial charge in [0.05, 0.1) is 31.7 Å². The summed E-state index contributed by atoms with van der Waals surface area (Å²) in [4.78, 5) is 28.3. The Bertz CT molecular complexity index is 1020. The SMILES string of the molecule is COc1ccc([C@H](C)N2C[C@@]34C=C[C@H](O3)[C@H](C(=O)OCc3ccccc3)[C@H]4C2=O)cc1. The number of carbonyl (C=O) groups excluding carboxylic acids is 2. The van der Waals surface area contributed by atoms with Gasteiger partial charge in [0.15, 0.2) is 0 Å². The van der Waals surface area contributed by atoms with Crippen molar-refractivity contribution >= 4 is 11.9 Å². The van der Waals surface area contributed by atoms with Gasteiger partial charge in [-0.25, -0.2) is 0 Å². The number of hydrogen-bond acceptors (Lipinski definition) is 5. The van der Waals surface area contributed by atoms with E-state index >= 15 is 0 Å². The molecule has 0 aliphatic carbocycles. The number of methoxy groups -OCH3 is 1. The first-order chi connectivity index (χ1) is 15.0. The number of rotatable bonds is 6. The molecule has 0 saturated carbocycles. The Hall–Kier alpha value is -3.12. The molecule has 0 N–H and O–H groups in total. The summed E-state index contributed by atoms with van der Waals surface area (Å²) in [5.74, 6) is -0.833. The zero-order valence-corrected chi connectivity index (χ0v) is 17.6. The second-order valence-electron chi connectivity index (χ2n) is 8.41. The summed E-state index contributed by atoms with van der Waals surface area (Å²) < 4.78 is 17.0. The molecule has 2 aromatic carbocycles. The number of hydrogen-bond donors (Lipinski definition) is 0. The Morgan fingerprint density at radius 1 is 1.19 bits per heavy atom. The van der Waals surface area contributed by atoms with Crippen molar-refractivity contribution in [3.8, 4) is 5.75 Å². The maximum absolute atomic E-state index is 13.5. The first-order valence-corrected chi connectivity index (χ1v) is 10.5. The Balaban J connectivity index is 1.34. The van der Waals surface area contributed by atoms with Crippen molar-refractivity contribution in [2.24, 2.45) is 11.8 Å². The lowest BCUT2D eigenvalue weighted by molar-refractivity contribution is -0.155. The minimum Gasteiger partial charge on any atom is -0.497 e. The first kappa shape index (κ1) is 19.8. The average molecular weight is 419 g/mol. The molecule has 160 valence electrons. The minimum absolute atomic E-state index is 0.0585. The molecule has 2 aromatic rings. The molecule has 5 atom stereocenters. The molecular formula is C25H25NO5. The maximum Gasteiger partial charge on any atom is 0.313 e. The third-order valence-electron chi connectivity index (χ3n) is 6.69. The number of carbonyl (C=O) groups is 2. The van der Waals surface area contributed by atoms with E-state index < -0.39 is 23.5 Å². The summed E-state index contributed by atoms with van der Waals surface area (Å²) in [7, 11) is 1.62. The zero-order valence-electron chi connectivity index (χ0n) is 17.6. The van der Waals surface area contributed by atoms with Gasteiger partial charge >= 0.3 is 5.97 Å². The average Bonchev–Trinajstić information content (AvgIpc) is 3.46. The number of nitrogens with zero attached hydrogens (tertiary/aromatic N) is 1. The largest absolute Gasteiger partial charge is 0.497 e. The summed E-state index contributed by atoms with van der Waals surface area (Å²) in [5.41, 5.74) is 1.17. The summed E-state index contributed by atoms with van der Waals surface area (Å²) >= 11 is 0. The molecule has 6 nitrogen and oxygen atoms in total. The maximum atomic E-state index is 13.5. The van der Waals surface area contributed by atoms with Crippen LogP contribution in [-0.2, 0) is 25.7 Å². The zero-order chi connectivity index (χ0) is 21.6. The van der Waals surface area contributed by atoms with Crippen LogP contribution in [0.15, 0.2) is 66.7 Å². The van der Waals surface area contributed by atoms with Crippen LogP contribution in [0.4, 0.5) is 0 Å². The fraction of sp³-hybridized carbons (Fsp3) is 0.360. The van der Waals surface area contributed by atoms with Crippen molar-refractivity contribution < 1.29 is 23.8 Å². The third-order valence-corrected chi connectivity index (χ3v) is 6.69. The van der Waals surface area contributed by atoms with Crippen LogP contribution in [0.3, 0.4) is 0 Å². The van der Waals surface area contributed by atoms with Crippen LogP contribution >= 0.6 is 0 Å². The summed E-state index contributed by atoms with van der Waals surface area (Å²) in [6.45, 7) is 2.61. The van der Waals surface area contributed by atoms with Gasteiger partial charge in [0, 0.05) is 0 Å². The van der Waals surface area contributed by atoms with Crippen LogP contribution in [0.2, 0.25) is 0 Å². The number of fused-ring (bicyclic) bond motifs is 1. The van der Waals surface area contributed by atoms with Crippen molar-refractivity contribution in [1.29, 1.82) is 0 Å². The van der Waals surface area contributed by atoms with Gasteiger partial charge in [-0.3, -0.25) is 9.59 Å². The molecule has 2 bridgehead atoms. The lowest BCUT2D eigenvalue weighted by atomic mass is 9.77. The second-order valence-corrected chi connectivity index (χ2v) is 8.41. The van der Waals surface area contributed by atoms with E-state index in [9.17, 15) is 9.59 Å². The molecule has 31 heavy (non-hydrogen) atoms. The molecule has 0 radical (unpaired) electrons. The molecule has 2 saturated heterocycles. The molecule has 1 spiro atoms. The predicted octanol–water partition coefficient (Wildman–Crippen LogP) is 3.28. The van der Waals surface area contributed by atoms with E-state index in [-0.39, 0.29) is 24.5 Å². The highest BCUT2D eigenvalue weighted by atomic mass is 16.6. The molecular weight excluding hydrogens is 394 g/mol. The van der Waals surface area contributed by atoms with Gasteiger partial charge < -0.3 is 19.1 Å². The van der Waals surface area contributed by atoms with E-state index in [0.717, 1.165) is 16.9 Å². The lowest BCUT2D eigenvalue weighted by Crippen LogP contribution is -2.40. The standard InChI is InChI=1S/C25H25NO5/c1-16(18-8-10-19(29-2)11-9-18)26-15-25-13-12-20(31-25)21(22(25)23(26)27)24(28)30-14-17-6-4-3-5-7-17/h3-13,16,20-22H,14-15H2,1-2H3/t16-,20-,21-,22-,25+/m0/s1. The van der Waals surface area contributed by atoms with Gasteiger partial charge in [-0.15, -0.1) is 0 Å². The number of ether oxygens (including phenoxy) is 3. The predicted molar refractivity (Wildman–Crippen MR) is 113 cm³/mol. The van der Waals surface area contributed by atoms with Crippen LogP contribution in [0.1, 0.15) is 24.1 Å². The number of amides is 1. The summed E-state index contributed by atoms with van der Waals surface area (Å²) in [6, 6.07) is 17.1. The monoisotopic (exact) mass is 419 g/mol. The van der Waals surface area contributed by atoms with Gasteiger partial charge in [0.2, 0.25) is 5.91 Å². The van der Waals surface area contributed by atoms with Gasteiger partial charge in [-0.1, -0.05) is 54.6 Å². The molecule has 0 unspecified atom stereocenters. The molecule has 3 heterocycles. The van der Waals surface area contributed by atoms with E-state index in [1.165, 1.54) is 0 Å². The molecule has 3 aliphatic heterocycles. The van der Waals surface area contributed by atoms with E-state index in [1.807, 2.05) is 78.6 Å². The van der Waals surface area contributed by atoms with Gasteiger partial charge in [0.1, 0.15) is 23.9 Å². The van der Waals surface area contributed by atoms with E-state index in [4.69, 9.17) is 14.2 Å². The topological polar surface area (TPSA) is 65.1 Å². The van der Waals surface area contributed by atoms with Crippen LogP contribution in [0, 0.1) is 11.8 Å². The van der Waals surface area contributed by atoms with E-state index in [2.05, 4.69) is 0 Å². The molecule has 1 amide bonds. The molecule has 3 aliphatic rings. The van der Waals surface area contributed by atoms with Crippen LogP contribution in [0.25, 0.3) is 0 Å². The smallest absolute Gasteiger partial charge is 0.313 e. The minimum atomic E-state index is -0.751. The Labute approximate surface area is 181 Å².